The number of carbonyl (C=O) groups is 1. The van der Waals surface area contributed by atoms with Gasteiger partial charge in [0.25, 0.3) is 5.91 Å². The van der Waals surface area contributed by atoms with Crippen LogP contribution >= 0.6 is 35.0 Å². The van der Waals surface area contributed by atoms with Crippen molar-refractivity contribution in [3.8, 4) is 6.01 Å². The van der Waals surface area contributed by atoms with E-state index in [9.17, 15) is 9.18 Å². The summed E-state index contributed by atoms with van der Waals surface area (Å²) in [5.41, 5.74) is 4.40. The number of hydrogen-bond donors (Lipinski definition) is 0. The number of carbonyl (C=O) groups excluding carboxylic acids is 1. The molecule has 1 spiro atoms. The Kier molecular flexibility index (Phi) is 8.26. The van der Waals surface area contributed by atoms with E-state index in [1.54, 1.807) is 0 Å². The molecule has 2 aromatic heterocycles. The molecule has 1 amide bonds. The zero-order valence-corrected chi connectivity index (χ0v) is 29.8. The molecule has 49 heavy (non-hydrogen) atoms. The second-order valence-electron chi connectivity index (χ2n) is 14.4. The maximum atomic E-state index is 14.6. The number of halogens is 3. The number of thioether (sulfide) groups is 1. The third kappa shape index (κ3) is 5.51. The van der Waals surface area contributed by atoms with Crippen molar-refractivity contribution in [3.05, 3.63) is 62.0 Å². The Morgan fingerprint density at radius 1 is 1.08 bits per heavy atom. The van der Waals surface area contributed by atoms with Gasteiger partial charge in [-0.3, -0.25) is 14.4 Å². The Hall–Kier alpha value is -2.64. The summed E-state index contributed by atoms with van der Waals surface area (Å²) in [6.45, 7) is 5.24. The number of ether oxygens (including phenoxy) is 2. The van der Waals surface area contributed by atoms with Gasteiger partial charge in [-0.2, -0.15) is 26.8 Å². The highest BCUT2D eigenvalue weighted by atomic mass is 35.5. The summed E-state index contributed by atoms with van der Waals surface area (Å²) < 4.78 is 29.8. The van der Waals surface area contributed by atoms with E-state index in [1.807, 2.05) is 33.5 Å². The lowest BCUT2D eigenvalue weighted by Crippen LogP contribution is -2.43. The normalized spacial score (nSPS) is 27.9. The molecule has 3 atom stereocenters. The number of anilines is 1. The highest BCUT2D eigenvalue weighted by Gasteiger charge is 2.50. The van der Waals surface area contributed by atoms with Crippen LogP contribution in [0.15, 0.2) is 18.2 Å². The molecule has 1 aromatic carbocycles. The fourth-order valence-corrected chi connectivity index (χ4v) is 10.5. The van der Waals surface area contributed by atoms with E-state index in [-0.39, 0.29) is 11.4 Å². The minimum absolute atomic E-state index is 0.106. The SMILES string of the molecule is O=C(c1nn2c(c1Cl)CN(c1nc(OC[C@@]34CCCN3C[C@H](F)C4)nc3c1CO[C@@]1(CCc4c(Cl)cccc41)C3)CCC2)N1CCSCC1. The van der Waals surface area contributed by atoms with Crippen molar-refractivity contribution in [2.24, 2.45) is 0 Å². The number of aryl methyl sites for hydroxylation is 1. The van der Waals surface area contributed by atoms with Crippen LogP contribution in [0.25, 0.3) is 0 Å². The molecule has 0 saturated carbocycles. The number of benzene rings is 1. The lowest BCUT2D eigenvalue weighted by atomic mass is 9.87. The maximum absolute atomic E-state index is 14.6. The minimum atomic E-state index is -0.840. The number of hydrogen-bond acceptors (Lipinski definition) is 9. The molecule has 9 rings (SSSR count). The molecule has 0 unspecified atom stereocenters. The van der Waals surface area contributed by atoms with Crippen LogP contribution in [0.5, 0.6) is 6.01 Å². The summed E-state index contributed by atoms with van der Waals surface area (Å²) in [6.07, 6.45) is 4.62. The van der Waals surface area contributed by atoms with Crippen LogP contribution in [0, 0.1) is 0 Å². The van der Waals surface area contributed by atoms with Gasteiger partial charge in [0.1, 0.15) is 18.6 Å². The number of rotatable bonds is 5. The molecule has 3 aromatic rings. The lowest BCUT2D eigenvalue weighted by molar-refractivity contribution is -0.0730. The fourth-order valence-electron chi connectivity index (χ4n) is 9.05. The number of amides is 1. The number of nitrogens with zero attached hydrogens (tertiary/aromatic N) is 7. The molecule has 0 N–H and O–H groups in total. The van der Waals surface area contributed by atoms with Crippen LogP contribution in [0.4, 0.5) is 10.2 Å². The Labute approximate surface area is 299 Å². The minimum Gasteiger partial charge on any atom is -0.461 e. The van der Waals surface area contributed by atoms with Crippen molar-refractivity contribution >= 4 is 46.7 Å². The van der Waals surface area contributed by atoms with Crippen molar-refractivity contribution in [2.45, 2.75) is 82.0 Å². The monoisotopic (exact) mass is 727 g/mol. The van der Waals surface area contributed by atoms with Crippen molar-refractivity contribution < 1.29 is 18.7 Å². The highest BCUT2D eigenvalue weighted by Crippen LogP contribution is 2.49. The van der Waals surface area contributed by atoms with Gasteiger partial charge in [0.05, 0.1) is 40.7 Å². The first kappa shape index (κ1) is 32.3. The predicted octanol–water partition coefficient (Wildman–Crippen LogP) is 5.45. The van der Waals surface area contributed by atoms with Crippen LogP contribution in [0.3, 0.4) is 0 Å². The van der Waals surface area contributed by atoms with Crippen LogP contribution in [-0.2, 0) is 42.9 Å². The molecule has 0 bridgehead atoms. The number of fused-ring (bicyclic) bond motifs is 5. The lowest BCUT2D eigenvalue weighted by Gasteiger charge is -2.37. The molecule has 7 heterocycles. The van der Waals surface area contributed by atoms with Gasteiger partial charge in [0, 0.05) is 67.7 Å². The highest BCUT2D eigenvalue weighted by molar-refractivity contribution is 7.99. The summed E-state index contributed by atoms with van der Waals surface area (Å²) >= 11 is 15.5. The Balaban J connectivity index is 1.06. The third-order valence-corrected chi connectivity index (χ3v) is 13.2. The van der Waals surface area contributed by atoms with E-state index in [0.29, 0.717) is 82.1 Å². The second-order valence-corrected chi connectivity index (χ2v) is 16.4. The molecule has 10 nitrogen and oxygen atoms in total. The van der Waals surface area contributed by atoms with Crippen LogP contribution in [0.2, 0.25) is 10.0 Å². The average Bonchev–Trinajstić information content (AvgIpc) is 3.79. The van der Waals surface area contributed by atoms with E-state index < -0.39 is 11.8 Å². The van der Waals surface area contributed by atoms with Crippen LogP contribution < -0.4 is 9.64 Å². The second kappa shape index (κ2) is 12.5. The molecular weight excluding hydrogens is 688 g/mol. The van der Waals surface area contributed by atoms with Crippen molar-refractivity contribution in [1.29, 1.82) is 0 Å². The fraction of sp³-hybridized carbons (Fsp3) is 0.600. The van der Waals surface area contributed by atoms with E-state index in [2.05, 4.69) is 15.9 Å². The summed E-state index contributed by atoms with van der Waals surface area (Å²) in [5.74, 6) is 2.49. The number of aromatic nitrogens is 4. The van der Waals surface area contributed by atoms with Crippen molar-refractivity contribution in [2.75, 3.05) is 55.7 Å². The zero-order valence-electron chi connectivity index (χ0n) is 27.4. The van der Waals surface area contributed by atoms with Gasteiger partial charge in [0.15, 0.2) is 5.69 Å². The molecule has 14 heteroatoms. The zero-order chi connectivity index (χ0) is 33.3. The molecule has 1 aliphatic carbocycles. The van der Waals surface area contributed by atoms with E-state index in [1.165, 1.54) is 0 Å². The summed E-state index contributed by atoms with van der Waals surface area (Å²) in [4.78, 5) is 29.9. The Bertz CT molecular complexity index is 1810. The quantitative estimate of drug-likeness (QED) is 0.341. The first-order valence-electron chi connectivity index (χ1n) is 17.5. The topological polar surface area (TPSA) is 88.8 Å². The summed E-state index contributed by atoms with van der Waals surface area (Å²) in [7, 11) is 0. The molecule has 3 saturated heterocycles. The summed E-state index contributed by atoms with van der Waals surface area (Å²) in [5, 5.41) is 5.92. The first-order valence-corrected chi connectivity index (χ1v) is 19.4. The Morgan fingerprint density at radius 2 is 1.96 bits per heavy atom. The van der Waals surface area contributed by atoms with Crippen LogP contribution in [-0.4, -0.2) is 98.0 Å². The molecule has 3 fully saturated rings. The maximum Gasteiger partial charge on any atom is 0.318 e. The average molecular weight is 729 g/mol. The van der Waals surface area contributed by atoms with Crippen molar-refractivity contribution in [3.63, 3.8) is 0 Å². The Morgan fingerprint density at radius 3 is 2.84 bits per heavy atom. The molecule has 5 aliphatic heterocycles. The van der Waals surface area contributed by atoms with Gasteiger partial charge in [-0.25, -0.2) is 4.39 Å². The third-order valence-electron chi connectivity index (χ3n) is 11.5. The molecular formula is C35H40Cl2FN7O3S. The van der Waals surface area contributed by atoms with Gasteiger partial charge in [-0.05, 0) is 55.8 Å². The van der Waals surface area contributed by atoms with Crippen LogP contribution in [0.1, 0.15) is 70.7 Å². The molecule has 6 aliphatic rings. The van der Waals surface area contributed by atoms with E-state index in [0.717, 1.165) is 89.1 Å². The van der Waals surface area contributed by atoms with Crippen molar-refractivity contribution in [1.82, 2.24) is 29.5 Å². The van der Waals surface area contributed by atoms with Gasteiger partial charge < -0.3 is 19.3 Å². The largest absolute Gasteiger partial charge is 0.461 e. The standard InChI is InChI=1S/C35H40Cl2FN7O3S/c36-26-5-1-4-25-23(26)6-8-35(25)17-27-24(20-48-35)31(40-33(39-27)47-21-34-7-2-10-44(34)18-22(38)16-34)43-9-3-11-45-28(19-43)29(37)30(41-45)32(46)42-12-14-49-15-13-42/h1,4-5,22H,2-3,6-21H2/t22-,34+,35+/m1/s1. The van der Waals surface area contributed by atoms with Gasteiger partial charge in [0.2, 0.25) is 0 Å². The summed E-state index contributed by atoms with van der Waals surface area (Å²) in [6, 6.07) is 6.37. The number of alkyl halides is 1. The van der Waals surface area contributed by atoms with E-state index >= 15 is 0 Å². The van der Waals surface area contributed by atoms with Gasteiger partial charge >= 0.3 is 6.01 Å². The first-order chi connectivity index (χ1) is 23.8. The van der Waals surface area contributed by atoms with Gasteiger partial charge in [-0.1, -0.05) is 35.3 Å². The van der Waals surface area contributed by atoms with Gasteiger partial charge in [-0.15, -0.1) is 0 Å². The van der Waals surface area contributed by atoms with E-state index in [4.69, 9.17) is 47.7 Å². The molecule has 260 valence electrons. The molecule has 0 radical (unpaired) electrons. The predicted molar refractivity (Wildman–Crippen MR) is 187 cm³/mol. The smallest absolute Gasteiger partial charge is 0.318 e.